The standard InChI is InChI=1S/C23H22N2O4/c1-16-4-9-19(10-5-16)29-23-13-8-18(15-24-23)25-22(26)12-7-17-6-11-20(27-2)21(14-17)28-3/h4-15H,1-3H3,(H,25,26)/b12-7+. The minimum absolute atomic E-state index is 0.270. The Hall–Kier alpha value is -3.80. The summed E-state index contributed by atoms with van der Waals surface area (Å²) in [6, 6.07) is 16.5. The topological polar surface area (TPSA) is 69.7 Å². The van der Waals surface area contributed by atoms with Crippen LogP contribution in [-0.4, -0.2) is 25.1 Å². The lowest BCUT2D eigenvalue weighted by Crippen LogP contribution is -2.07. The molecule has 0 radical (unpaired) electrons. The maximum Gasteiger partial charge on any atom is 0.248 e. The molecule has 0 aliphatic heterocycles. The average molecular weight is 390 g/mol. The largest absolute Gasteiger partial charge is 0.493 e. The first-order valence-corrected chi connectivity index (χ1v) is 8.99. The van der Waals surface area contributed by atoms with E-state index in [0.717, 1.165) is 11.1 Å². The minimum Gasteiger partial charge on any atom is -0.493 e. The zero-order valence-electron chi connectivity index (χ0n) is 16.5. The molecule has 0 atom stereocenters. The van der Waals surface area contributed by atoms with Crippen molar-refractivity contribution < 1.29 is 19.0 Å². The first-order chi connectivity index (χ1) is 14.1. The molecule has 3 rings (SSSR count). The number of hydrogen-bond donors (Lipinski definition) is 1. The van der Waals surface area contributed by atoms with Gasteiger partial charge < -0.3 is 19.5 Å². The zero-order chi connectivity index (χ0) is 20.6. The molecule has 0 bridgehead atoms. The van der Waals surface area contributed by atoms with Gasteiger partial charge in [-0.15, -0.1) is 0 Å². The molecule has 29 heavy (non-hydrogen) atoms. The number of hydrogen-bond acceptors (Lipinski definition) is 5. The molecule has 1 amide bonds. The highest BCUT2D eigenvalue weighted by Gasteiger charge is 2.04. The second-order valence-corrected chi connectivity index (χ2v) is 6.24. The van der Waals surface area contributed by atoms with E-state index in [-0.39, 0.29) is 5.91 Å². The molecule has 1 N–H and O–H groups in total. The number of nitrogens with one attached hydrogen (secondary N) is 1. The molecule has 0 aliphatic carbocycles. The van der Waals surface area contributed by atoms with Crippen molar-refractivity contribution in [2.24, 2.45) is 0 Å². The van der Waals surface area contributed by atoms with Crippen LogP contribution in [0.4, 0.5) is 5.69 Å². The van der Waals surface area contributed by atoms with Crippen molar-refractivity contribution in [2.45, 2.75) is 6.92 Å². The Bertz CT molecular complexity index is 996. The highest BCUT2D eigenvalue weighted by molar-refractivity contribution is 6.01. The average Bonchev–Trinajstić information content (AvgIpc) is 2.75. The molecule has 6 heteroatoms. The first-order valence-electron chi connectivity index (χ1n) is 8.99. The monoisotopic (exact) mass is 390 g/mol. The zero-order valence-corrected chi connectivity index (χ0v) is 16.5. The van der Waals surface area contributed by atoms with Crippen LogP contribution in [0, 0.1) is 6.92 Å². The van der Waals surface area contributed by atoms with Gasteiger partial charge in [-0.05, 0) is 48.9 Å². The smallest absolute Gasteiger partial charge is 0.248 e. The number of carbonyl (C=O) groups is 1. The predicted octanol–water partition coefficient (Wildman–Crippen LogP) is 4.85. The van der Waals surface area contributed by atoms with Crippen LogP contribution in [0.1, 0.15) is 11.1 Å². The summed E-state index contributed by atoms with van der Waals surface area (Å²) in [5.74, 6) is 2.12. The summed E-state index contributed by atoms with van der Waals surface area (Å²) >= 11 is 0. The van der Waals surface area contributed by atoms with Crippen LogP contribution in [0.2, 0.25) is 0 Å². The number of pyridine rings is 1. The molecule has 0 aliphatic rings. The van der Waals surface area contributed by atoms with Gasteiger partial charge in [-0.1, -0.05) is 23.8 Å². The van der Waals surface area contributed by atoms with E-state index < -0.39 is 0 Å². The van der Waals surface area contributed by atoms with Gasteiger partial charge in [0.1, 0.15) is 5.75 Å². The van der Waals surface area contributed by atoms with Crippen molar-refractivity contribution in [1.29, 1.82) is 0 Å². The van der Waals surface area contributed by atoms with Crippen LogP contribution in [-0.2, 0) is 4.79 Å². The summed E-state index contributed by atoms with van der Waals surface area (Å²) < 4.78 is 16.1. The first kappa shape index (κ1) is 19.9. The number of aromatic nitrogens is 1. The molecule has 1 heterocycles. The van der Waals surface area contributed by atoms with Gasteiger partial charge in [0, 0.05) is 12.1 Å². The summed E-state index contributed by atoms with van der Waals surface area (Å²) in [5.41, 5.74) is 2.55. The number of rotatable bonds is 7. The molecule has 2 aromatic carbocycles. The Morgan fingerprint density at radius 3 is 2.38 bits per heavy atom. The van der Waals surface area contributed by atoms with Gasteiger partial charge in [0.05, 0.1) is 26.1 Å². The molecule has 0 fully saturated rings. The van der Waals surface area contributed by atoms with E-state index in [0.29, 0.717) is 28.8 Å². The van der Waals surface area contributed by atoms with Crippen LogP contribution < -0.4 is 19.5 Å². The van der Waals surface area contributed by atoms with Crippen LogP contribution in [0.5, 0.6) is 23.1 Å². The predicted molar refractivity (Wildman–Crippen MR) is 113 cm³/mol. The summed E-state index contributed by atoms with van der Waals surface area (Å²) in [6.45, 7) is 2.01. The third-order valence-electron chi connectivity index (χ3n) is 4.08. The fourth-order valence-electron chi connectivity index (χ4n) is 2.55. The molecule has 0 saturated carbocycles. The number of amides is 1. The molecule has 0 spiro atoms. The number of carbonyl (C=O) groups excluding carboxylic acids is 1. The van der Waals surface area contributed by atoms with Gasteiger partial charge in [-0.2, -0.15) is 0 Å². The van der Waals surface area contributed by atoms with E-state index in [1.54, 1.807) is 50.8 Å². The second-order valence-electron chi connectivity index (χ2n) is 6.24. The summed E-state index contributed by atoms with van der Waals surface area (Å²) in [4.78, 5) is 16.4. The number of ether oxygens (including phenoxy) is 3. The van der Waals surface area contributed by atoms with Gasteiger partial charge in [0.15, 0.2) is 11.5 Å². The van der Waals surface area contributed by atoms with Crippen molar-refractivity contribution in [3.8, 4) is 23.1 Å². The number of aryl methyl sites for hydroxylation is 1. The van der Waals surface area contributed by atoms with Gasteiger partial charge >= 0.3 is 0 Å². The molecule has 6 nitrogen and oxygen atoms in total. The van der Waals surface area contributed by atoms with Crippen molar-refractivity contribution in [3.05, 3.63) is 78.0 Å². The lowest BCUT2D eigenvalue weighted by molar-refractivity contribution is -0.111. The fourth-order valence-corrected chi connectivity index (χ4v) is 2.55. The van der Waals surface area contributed by atoms with Gasteiger partial charge in [0.2, 0.25) is 11.8 Å². The minimum atomic E-state index is -0.270. The maximum atomic E-state index is 12.2. The number of anilines is 1. The van der Waals surface area contributed by atoms with Crippen molar-refractivity contribution in [1.82, 2.24) is 4.98 Å². The molecule has 0 unspecified atom stereocenters. The van der Waals surface area contributed by atoms with Crippen molar-refractivity contribution in [3.63, 3.8) is 0 Å². The summed E-state index contributed by atoms with van der Waals surface area (Å²) in [5, 5.41) is 2.76. The molecular weight excluding hydrogens is 368 g/mol. The van der Waals surface area contributed by atoms with E-state index in [1.807, 2.05) is 37.3 Å². The highest BCUT2D eigenvalue weighted by Crippen LogP contribution is 2.28. The van der Waals surface area contributed by atoms with E-state index in [1.165, 1.54) is 6.08 Å². The van der Waals surface area contributed by atoms with Gasteiger partial charge in [0.25, 0.3) is 0 Å². The Morgan fingerprint density at radius 1 is 0.966 bits per heavy atom. The molecule has 1 aromatic heterocycles. The van der Waals surface area contributed by atoms with E-state index in [2.05, 4.69) is 10.3 Å². The van der Waals surface area contributed by atoms with Crippen molar-refractivity contribution >= 4 is 17.7 Å². The molecule has 0 saturated heterocycles. The van der Waals surface area contributed by atoms with Gasteiger partial charge in [-0.25, -0.2) is 4.98 Å². The molecule has 148 valence electrons. The summed E-state index contributed by atoms with van der Waals surface area (Å²) in [6.07, 6.45) is 4.68. The van der Waals surface area contributed by atoms with Crippen LogP contribution in [0.15, 0.2) is 66.9 Å². The molecule has 3 aromatic rings. The fraction of sp³-hybridized carbons (Fsp3) is 0.130. The molecular formula is C23H22N2O4. The Labute approximate surface area is 169 Å². The number of methoxy groups -OCH3 is 2. The third-order valence-corrected chi connectivity index (χ3v) is 4.08. The Kier molecular flexibility index (Phi) is 6.47. The lowest BCUT2D eigenvalue weighted by Gasteiger charge is -2.08. The van der Waals surface area contributed by atoms with Crippen molar-refractivity contribution in [2.75, 3.05) is 19.5 Å². The van der Waals surface area contributed by atoms with Crippen LogP contribution in [0.3, 0.4) is 0 Å². The lowest BCUT2D eigenvalue weighted by atomic mass is 10.2. The maximum absolute atomic E-state index is 12.2. The van der Waals surface area contributed by atoms with E-state index >= 15 is 0 Å². The van der Waals surface area contributed by atoms with E-state index in [4.69, 9.17) is 14.2 Å². The SMILES string of the molecule is COc1ccc(/C=C/C(=O)Nc2ccc(Oc3ccc(C)cc3)nc2)cc1OC. The normalized spacial score (nSPS) is 10.6. The van der Waals surface area contributed by atoms with Crippen LogP contribution >= 0.6 is 0 Å². The Morgan fingerprint density at radius 2 is 1.72 bits per heavy atom. The third kappa shape index (κ3) is 5.59. The Balaban J connectivity index is 1.59. The highest BCUT2D eigenvalue weighted by atomic mass is 16.5. The van der Waals surface area contributed by atoms with Crippen LogP contribution in [0.25, 0.3) is 6.08 Å². The quantitative estimate of drug-likeness (QED) is 0.584. The van der Waals surface area contributed by atoms with Gasteiger partial charge in [-0.3, -0.25) is 4.79 Å². The summed E-state index contributed by atoms with van der Waals surface area (Å²) in [7, 11) is 3.14. The number of benzene rings is 2. The van der Waals surface area contributed by atoms with E-state index in [9.17, 15) is 4.79 Å². The number of nitrogens with zero attached hydrogens (tertiary/aromatic N) is 1. The second kappa shape index (κ2) is 9.41.